The number of benzene rings is 2. The van der Waals surface area contributed by atoms with Gasteiger partial charge in [-0.05, 0) is 36.8 Å². The van der Waals surface area contributed by atoms with Crippen molar-refractivity contribution < 1.29 is 18.0 Å². The standard InChI is InChI=1S/C16H11F3N2O/c1-9-12(6-7-14(21)13(9)8-20)15(22)10-2-4-11(5-3-10)16(17,18)19/h2-7H,21H2,1H3. The zero-order valence-corrected chi connectivity index (χ0v) is 11.5. The number of carbonyl (C=O) groups is 1. The second kappa shape index (κ2) is 5.53. The van der Waals surface area contributed by atoms with Gasteiger partial charge < -0.3 is 5.73 Å². The molecule has 112 valence electrons. The number of nitrogen functional groups attached to an aromatic ring is 1. The topological polar surface area (TPSA) is 66.9 Å². The van der Waals surface area contributed by atoms with Crippen LogP contribution in [0.1, 0.15) is 32.6 Å². The Morgan fingerprint density at radius 1 is 1.14 bits per heavy atom. The van der Waals surface area contributed by atoms with Gasteiger partial charge in [-0.2, -0.15) is 18.4 Å². The van der Waals surface area contributed by atoms with Crippen molar-refractivity contribution >= 4 is 11.5 Å². The molecule has 0 saturated heterocycles. The number of halogens is 3. The van der Waals surface area contributed by atoms with Crippen LogP contribution in [-0.2, 0) is 6.18 Å². The summed E-state index contributed by atoms with van der Waals surface area (Å²) in [5.74, 6) is -0.456. The third kappa shape index (κ3) is 2.79. The molecule has 0 amide bonds. The Kier molecular flexibility index (Phi) is 3.91. The second-order valence-corrected chi connectivity index (χ2v) is 4.72. The molecule has 0 aliphatic carbocycles. The fourth-order valence-electron chi connectivity index (χ4n) is 2.09. The Balaban J connectivity index is 2.44. The molecule has 0 aliphatic heterocycles. The third-order valence-electron chi connectivity index (χ3n) is 3.33. The molecule has 0 spiro atoms. The maximum Gasteiger partial charge on any atom is 0.416 e. The monoisotopic (exact) mass is 304 g/mol. The van der Waals surface area contributed by atoms with Crippen LogP contribution in [0.25, 0.3) is 0 Å². The summed E-state index contributed by atoms with van der Waals surface area (Å²) in [5, 5.41) is 9.04. The Hall–Kier alpha value is -2.81. The van der Waals surface area contributed by atoms with Crippen LogP contribution in [0.3, 0.4) is 0 Å². The van der Waals surface area contributed by atoms with Crippen LogP contribution in [0.2, 0.25) is 0 Å². The molecule has 0 aliphatic rings. The van der Waals surface area contributed by atoms with Crippen LogP contribution < -0.4 is 5.73 Å². The molecule has 2 rings (SSSR count). The predicted molar refractivity (Wildman–Crippen MR) is 75.2 cm³/mol. The van der Waals surface area contributed by atoms with Crippen LogP contribution in [0.5, 0.6) is 0 Å². The van der Waals surface area contributed by atoms with Gasteiger partial charge in [0.05, 0.1) is 11.1 Å². The number of hydrogen-bond donors (Lipinski definition) is 1. The number of alkyl halides is 3. The zero-order chi connectivity index (χ0) is 16.5. The minimum atomic E-state index is -4.45. The lowest BCUT2D eigenvalue weighted by Crippen LogP contribution is -2.08. The van der Waals surface area contributed by atoms with Crippen LogP contribution in [-0.4, -0.2) is 5.78 Å². The second-order valence-electron chi connectivity index (χ2n) is 4.72. The Morgan fingerprint density at radius 2 is 1.73 bits per heavy atom. The Bertz CT molecular complexity index is 772. The number of hydrogen-bond acceptors (Lipinski definition) is 3. The lowest BCUT2D eigenvalue weighted by Gasteiger charge is -2.10. The van der Waals surface area contributed by atoms with Gasteiger partial charge in [0.15, 0.2) is 5.78 Å². The average molecular weight is 304 g/mol. The molecule has 2 aromatic rings. The van der Waals surface area contributed by atoms with Gasteiger partial charge in [-0.3, -0.25) is 4.79 Å². The first-order valence-electron chi connectivity index (χ1n) is 6.27. The van der Waals surface area contributed by atoms with E-state index in [1.807, 2.05) is 6.07 Å². The first-order chi connectivity index (χ1) is 10.3. The summed E-state index contributed by atoms with van der Waals surface area (Å²) in [7, 11) is 0. The first kappa shape index (κ1) is 15.6. The maximum absolute atomic E-state index is 12.5. The quantitative estimate of drug-likeness (QED) is 0.679. The third-order valence-corrected chi connectivity index (χ3v) is 3.33. The molecule has 0 fully saturated rings. The van der Waals surface area contributed by atoms with E-state index in [1.54, 1.807) is 6.92 Å². The lowest BCUT2D eigenvalue weighted by atomic mass is 9.94. The summed E-state index contributed by atoms with van der Waals surface area (Å²) in [6, 6.07) is 8.75. The molecule has 0 aromatic heterocycles. The number of anilines is 1. The summed E-state index contributed by atoms with van der Waals surface area (Å²) in [6.07, 6.45) is -4.45. The Morgan fingerprint density at radius 3 is 2.23 bits per heavy atom. The van der Waals surface area contributed by atoms with E-state index in [0.717, 1.165) is 24.3 Å². The fraction of sp³-hybridized carbons (Fsp3) is 0.125. The van der Waals surface area contributed by atoms with E-state index in [4.69, 9.17) is 11.0 Å². The van der Waals surface area contributed by atoms with Crippen LogP contribution in [0.4, 0.5) is 18.9 Å². The van der Waals surface area contributed by atoms with E-state index in [9.17, 15) is 18.0 Å². The summed E-state index contributed by atoms with van der Waals surface area (Å²) in [4.78, 5) is 12.4. The number of nitriles is 1. The molecule has 6 heteroatoms. The highest BCUT2D eigenvalue weighted by Gasteiger charge is 2.30. The largest absolute Gasteiger partial charge is 0.416 e. The minimum absolute atomic E-state index is 0.116. The van der Waals surface area contributed by atoms with Crippen molar-refractivity contribution in [1.29, 1.82) is 5.26 Å². The van der Waals surface area contributed by atoms with Crippen molar-refractivity contribution in [2.45, 2.75) is 13.1 Å². The van der Waals surface area contributed by atoms with Gasteiger partial charge in [0.1, 0.15) is 6.07 Å². The molecule has 0 atom stereocenters. The zero-order valence-electron chi connectivity index (χ0n) is 11.5. The Labute approximate surface area is 124 Å². The number of nitrogens with two attached hydrogens (primary N) is 1. The van der Waals surface area contributed by atoms with Crippen molar-refractivity contribution in [1.82, 2.24) is 0 Å². The average Bonchev–Trinajstić information content (AvgIpc) is 2.46. The normalized spacial score (nSPS) is 11.0. The molecule has 0 radical (unpaired) electrons. The molecular weight excluding hydrogens is 293 g/mol. The van der Waals surface area contributed by atoms with Crippen molar-refractivity contribution in [3.63, 3.8) is 0 Å². The van der Waals surface area contributed by atoms with Crippen molar-refractivity contribution in [3.8, 4) is 6.07 Å². The highest BCUT2D eigenvalue weighted by molar-refractivity contribution is 6.10. The van der Waals surface area contributed by atoms with Crippen molar-refractivity contribution in [2.75, 3.05) is 5.73 Å². The summed E-state index contributed by atoms with van der Waals surface area (Å²) in [6.45, 7) is 1.58. The van der Waals surface area contributed by atoms with E-state index in [0.29, 0.717) is 5.56 Å². The van der Waals surface area contributed by atoms with Crippen molar-refractivity contribution in [2.24, 2.45) is 0 Å². The molecule has 0 saturated carbocycles. The van der Waals surface area contributed by atoms with Crippen molar-refractivity contribution in [3.05, 3.63) is 64.2 Å². The van der Waals surface area contributed by atoms with Gasteiger partial charge in [-0.1, -0.05) is 12.1 Å². The minimum Gasteiger partial charge on any atom is -0.398 e. The van der Waals surface area contributed by atoms with E-state index in [2.05, 4.69) is 0 Å². The van der Waals surface area contributed by atoms with Gasteiger partial charge in [-0.15, -0.1) is 0 Å². The van der Waals surface area contributed by atoms with Gasteiger partial charge in [-0.25, -0.2) is 0 Å². The van der Waals surface area contributed by atoms with E-state index >= 15 is 0 Å². The molecule has 0 bridgehead atoms. The highest BCUT2D eigenvalue weighted by atomic mass is 19.4. The van der Waals surface area contributed by atoms with Gasteiger partial charge in [0, 0.05) is 16.8 Å². The SMILES string of the molecule is Cc1c(C(=O)c2ccc(C(F)(F)F)cc2)ccc(N)c1C#N. The van der Waals surface area contributed by atoms with E-state index < -0.39 is 17.5 Å². The van der Waals surface area contributed by atoms with Gasteiger partial charge >= 0.3 is 6.18 Å². The van der Waals surface area contributed by atoms with Crippen LogP contribution >= 0.6 is 0 Å². The van der Waals surface area contributed by atoms with E-state index in [-0.39, 0.29) is 22.4 Å². The van der Waals surface area contributed by atoms with Crippen LogP contribution in [0, 0.1) is 18.3 Å². The fourth-order valence-corrected chi connectivity index (χ4v) is 2.09. The number of rotatable bonds is 2. The van der Waals surface area contributed by atoms with Gasteiger partial charge in [0.2, 0.25) is 0 Å². The molecule has 2 N–H and O–H groups in total. The smallest absolute Gasteiger partial charge is 0.398 e. The van der Waals surface area contributed by atoms with E-state index in [1.165, 1.54) is 12.1 Å². The maximum atomic E-state index is 12.5. The summed E-state index contributed by atoms with van der Waals surface area (Å²) < 4.78 is 37.5. The number of carbonyl (C=O) groups excluding carboxylic acids is 1. The molecular formula is C16H11F3N2O. The van der Waals surface area contributed by atoms with Crippen LogP contribution in [0.15, 0.2) is 36.4 Å². The molecule has 0 heterocycles. The molecule has 2 aromatic carbocycles. The lowest BCUT2D eigenvalue weighted by molar-refractivity contribution is -0.137. The first-order valence-corrected chi connectivity index (χ1v) is 6.27. The molecule has 0 unspecified atom stereocenters. The summed E-state index contributed by atoms with van der Waals surface area (Å²) in [5.41, 5.74) is 6.04. The predicted octanol–water partition coefficient (Wildman–Crippen LogP) is 3.70. The number of ketones is 1. The highest BCUT2D eigenvalue weighted by Crippen LogP contribution is 2.30. The molecule has 3 nitrogen and oxygen atoms in total. The van der Waals surface area contributed by atoms with Gasteiger partial charge in [0.25, 0.3) is 0 Å². The number of nitrogens with zero attached hydrogens (tertiary/aromatic N) is 1. The molecule has 22 heavy (non-hydrogen) atoms. The summed E-state index contributed by atoms with van der Waals surface area (Å²) >= 11 is 0.